The Morgan fingerprint density at radius 1 is 1.10 bits per heavy atom. The second-order valence-electron chi connectivity index (χ2n) is 7.37. The molecule has 1 heterocycles. The van der Waals surface area contributed by atoms with E-state index in [0.717, 1.165) is 28.7 Å². The standard InChI is InChI=1S/C23H29ClN2O3/c1-8-12-26-23(29-19(27)9-2)21(16(7)25-26)22(28)17-10-11-18(24)20(15(17)6)14(5)13(3)4/h10-11H,8-9,12H2,1-7H3. The summed E-state index contributed by atoms with van der Waals surface area (Å²) in [5.74, 6) is -0.401. The maximum atomic E-state index is 13.5. The molecule has 0 fully saturated rings. The fraction of sp³-hybridized carbons (Fsp3) is 0.435. The van der Waals surface area contributed by atoms with Crippen LogP contribution in [0.1, 0.15) is 80.2 Å². The SMILES string of the molecule is CCCn1nc(C)c(C(=O)c2ccc(Cl)c(C(C)=C(C)C)c2C)c1OC(=O)CC. The van der Waals surface area contributed by atoms with Gasteiger partial charge in [-0.05, 0) is 69.9 Å². The first kappa shape index (κ1) is 22.9. The molecule has 6 heteroatoms. The third-order valence-corrected chi connectivity index (χ3v) is 5.34. The molecule has 0 aliphatic rings. The van der Waals surface area contributed by atoms with Gasteiger partial charge in [-0.1, -0.05) is 31.0 Å². The van der Waals surface area contributed by atoms with Gasteiger partial charge in [-0.3, -0.25) is 9.59 Å². The molecule has 29 heavy (non-hydrogen) atoms. The Balaban J connectivity index is 2.68. The third kappa shape index (κ3) is 4.61. The molecule has 0 aliphatic heterocycles. The topological polar surface area (TPSA) is 61.2 Å². The molecule has 0 unspecified atom stereocenters. The van der Waals surface area contributed by atoms with E-state index >= 15 is 0 Å². The van der Waals surface area contributed by atoms with Crippen LogP contribution in [-0.2, 0) is 11.3 Å². The van der Waals surface area contributed by atoms with Crippen LogP contribution < -0.4 is 4.74 Å². The summed E-state index contributed by atoms with van der Waals surface area (Å²) in [6.07, 6.45) is 1.02. The lowest BCUT2D eigenvalue weighted by Crippen LogP contribution is -2.14. The molecule has 0 atom stereocenters. The van der Waals surface area contributed by atoms with Gasteiger partial charge in [0.1, 0.15) is 5.56 Å². The monoisotopic (exact) mass is 416 g/mol. The highest BCUT2D eigenvalue weighted by molar-refractivity contribution is 6.32. The number of carbonyl (C=O) groups excluding carboxylic acids is 2. The Labute approximate surface area is 177 Å². The molecular weight excluding hydrogens is 388 g/mol. The first-order valence-electron chi connectivity index (χ1n) is 9.90. The summed E-state index contributed by atoms with van der Waals surface area (Å²) in [5, 5.41) is 5.06. The number of rotatable bonds is 7. The van der Waals surface area contributed by atoms with E-state index < -0.39 is 5.97 Å². The van der Waals surface area contributed by atoms with E-state index in [-0.39, 0.29) is 18.1 Å². The number of allylic oxidation sites excluding steroid dienone is 2. The predicted molar refractivity (Wildman–Crippen MR) is 117 cm³/mol. The van der Waals surface area contributed by atoms with Gasteiger partial charge >= 0.3 is 5.97 Å². The first-order chi connectivity index (χ1) is 13.6. The Bertz CT molecular complexity index is 982. The number of esters is 1. The number of hydrogen-bond acceptors (Lipinski definition) is 4. The fourth-order valence-corrected chi connectivity index (χ4v) is 3.58. The van der Waals surface area contributed by atoms with Crippen molar-refractivity contribution >= 4 is 28.9 Å². The average molecular weight is 417 g/mol. The molecule has 0 N–H and O–H groups in total. The van der Waals surface area contributed by atoms with Crippen molar-refractivity contribution in [3.8, 4) is 5.88 Å². The molecule has 0 saturated heterocycles. The Morgan fingerprint density at radius 3 is 2.31 bits per heavy atom. The number of ether oxygens (including phenoxy) is 1. The third-order valence-electron chi connectivity index (χ3n) is 5.03. The minimum Gasteiger partial charge on any atom is -0.407 e. The molecule has 0 amide bonds. The summed E-state index contributed by atoms with van der Waals surface area (Å²) in [5.41, 5.74) is 5.23. The molecule has 2 aromatic rings. The summed E-state index contributed by atoms with van der Waals surface area (Å²) in [6.45, 7) is 14.0. The lowest BCUT2D eigenvalue weighted by molar-refractivity contribution is -0.134. The average Bonchev–Trinajstić information content (AvgIpc) is 2.96. The van der Waals surface area contributed by atoms with Gasteiger partial charge in [-0.2, -0.15) is 5.10 Å². The van der Waals surface area contributed by atoms with Crippen molar-refractivity contribution in [1.82, 2.24) is 9.78 Å². The smallest absolute Gasteiger partial charge is 0.312 e. The van der Waals surface area contributed by atoms with E-state index in [2.05, 4.69) is 5.10 Å². The maximum Gasteiger partial charge on any atom is 0.312 e. The molecule has 1 aromatic heterocycles. The molecule has 0 radical (unpaired) electrons. The fourth-order valence-electron chi connectivity index (χ4n) is 3.24. The van der Waals surface area contributed by atoms with Crippen LogP contribution >= 0.6 is 11.6 Å². The summed E-state index contributed by atoms with van der Waals surface area (Å²) in [7, 11) is 0. The van der Waals surface area contributed by atoms with Crippen LogP contribution in [-0.4, -0.2) is 21.5 Å². The second-order valence-corrected chi connectivity index (χ2v) is 7.77. The van der Waals surface area contributed by atoms with E-state index in [0.29, 0.717) is 28.4 Å². The van der Waals surface area contributed by atoms with Gasteiger partial charge in [0, 0.05) is 23.6 Å². The highest BCUT2D eigenvalue weighted by Gasteiger charge is 2.27. The van der Waals surface area contributed by atoms with Gasteiger partial charge in [0.25, 0.3) is 0 Å². The number of ketones is 1. The first-order valence-corrected chi connectivity index (χ1v) is 10.3. The second kappa shape index (κ2) is 9.40. The molecular formula is C23H29ClN2O3. The summed E-state index contributed by atoms with van der Waals surface area (Å²) >= 11 is 6.46. The molecule has 5 nitrogen and oxygen atoms in total. The molecule has 0 bridgehead atoms. The van der Waals surface area contributed by atoms with Crippen molar-refractivity contribution in [3.05, 3.63) is 50.7 Å². The Hall–Kier alpha value is -2.40. The number of halogens is 1. The Morgan fingerprint density at radius 2 is 1.76 bits per heavy atom. The van der Waals surface area contributed by atoms with E-state index in [4.69, 9.17) is 16.3 Å². The maximum absolute atomic E-state index is 13.5. The van der Waals surface area contributed by atoms with Crippen LogP contribution in [0.3, 0.4) is 0 Å². The van der Waals surface area contributed by atoms with Gasteiger partial charge in [0.05, 0.1) is 5.69 Å². The van der Waals surface area contributed by atoms with Gasteiger partial charge in [-0.25, -0.2) is 4.68 Å². The minimum atomic E-state index is -0.398. The van der Waals surface area contributed by atoms with Crippen LogP contribution in [0.15, 0.2) is 17.7 Å². The Kier molecular flexibility index (Phi) is 7.42. The van der Waals surface area contributed by atoms with Gasteiger partial charge in [0.2, 0.25) is 11.7 Å². The van der Waals surface area contributed by atoms with Crippen LogP contribution in [0.5, 0.6) is 5.88 Å². The highest BCUT2D eigenvalue weighted by Crippen LogP contribution is 2.34. The number of nitrogens with zero attached hydrogens (tertiary/aromatic N) is 2. The molecule has 156 valence electrons. The molecule has 2 rings (SSSR count). The van der Waals surface area contributed by atoms with Crippen molar-refractivity contribution in [1.29, 1.82) is 0 Å². The zero-order valence-corrected chi connectivity index (χ0v) is 19.0. The molecule has 0 aliphatic carbocycles. The van der Waals surface area contributed by atoms with Crippen molar-refractivity contribution in [2.45, 2.75) is 67.9 Å². The summed E-state index contributed by atoms with van der Waals surface area (Å²) in [6, 6.07) is 3.47. The zero-order valence-electron chi connectivity index (χ0n) is 18.3. The van der Waals surface area contributed by atoms with Crippen molar-refractivity contribution in [2.24, 2.45) is 0 Å². The van der Waals surface area contributed by atoms with Gasteiger partial charge in [-0.15, -0.1) is 0 Å². The lowest BCUT2D eigenvalue weighted by atomic mass is 9.91. The van der Waals surface area contributed by atoms with E-state index in [1.165, 1.54) is 0 Å². The lowest BCUT2D eigenvalue weighted by Gasteiger charge is -2.15. The zero-order chi connectivity index (χ0) is 21.9. The minimum absolute atomic E-state index is 0.216. The number of aryl methyl sites for hydroxylation is 2. The van der Waals surface area contributed by atoms with Crippen molar-refractivity contribution < 1.29 is 14.3 Å². The van der Waals surface area contributed by atoms with Crippen molar-refractivity contribution in [3.63, 3.8) is 0 Å². The normalized spacial score (nSPS) is 10.8. The van der Waals surface area contributed by atoms with Crippen LogP contribution in [0.25, 0.3) is 5.57 Å². The summed E-state index contributed by atoms with van der Waals surface area (Å²) in [4.78, 5) is 25.5. The van der Waals surface area contributed by atoms with E-state index in [1.807, 2.05) is 34.6 Å². The molecule has 1 aromatic carbocycles. The van der Waals surface area contributed by atoms with Crippen LogP contribution in [0.2, 0.25) is 5.02 Å². The van der Waals surface area contributed by atoms with Crippen molar-refractivity contribution in [2.75, 3.05) is 0 Å². The number of carbonyl (C=O) groups is 2. The van der Waals surface area contributed by atoms with E-state index in [1.54, 1.807) is 30.7 Å². The van der Waals surface area contributed by atoms with Gasteiger partial charge < -0.3 is 4.74 Å². The largest absolute Gasteiger partial charge is 0.407 e. The predicted octanol–water partition coefficient (Wildman–Crippen LogP) is 5.92. The van der Waals surface area contributed by atoms with E-state index in [9.17, 15) is 9.59 Å². The summed E-state index contributed by atoms with van der Waals surface area (Å²) < 4.78 is 7.13. The number of benzene rings is 1. The van der Waals surface area contributed by atoms with Gasteiger partial charge in [0.15, 0.2) is 0 Å². The quantitative estimate of drug-likeness (QED) is 0.415. The molecule has 0 saturated carbocycles. The van der Waals surface area contributed by atoms with Crippen LogP contribution in [0, 0.1) is 13.8 Å². The molecule has 0 spiro atoms. The number of aromatic nitrogens is 2. The highest BCUT2D eigenvalue weighted by atomic mass is 35.5. The van der Waals surface area contributed by atoms with Crippen LogP contribution in [0.4, 0.5) is 0 Å². The number of hydrogen-bond donors (Lipinski definition) is 0.